The number of Topliss-reactive ketones (excluding diaryl/α,β-unsaturated/α-hetero) is 2. The van der Waals surface area contributed by atoms with Gasteiger partial charge in [-0.25, -0.2) is 4.98 Å². The van der Waals surface area contributed by atoms with Crippen LogP contribution in [0.2, 0.25) is 0 Å². The van der Waals surface area contributed by atoms with Gasteiger partial charge in [0.15, 0.2) is 5.78 Å². The van der Waals surface area contributed by atoms with E-state index in [9.17, 15) is 9.59 Å². The lowest BCUT2D eigenvalue weighted by atomic mass is 9.78. The Labute approximate surface area is 87.7 Å². The lowest BCUT2D eigenvalue weighted by molar-refractivity contribution is 0.0896. The van der Waals surface area contributed by atoms with Crippen molar-refractivity contribution in [3.8, 4) is 0 Å². The van der Waals surface area contributed by atoms with Gasteiger partial charge in [0, 0.05) is 19.8 Å². The molecule has 0 fully saturated rings. The van der Waals surface area contributed by atoms with E-state index in [4.69, 9.17) is 4.42 Å². The molecule has 0 N–H and O–H groups in total. The van der Waals surface area contributed by atoms with Gasteiger partial charge >= 0.3 is 0 Å². The van der Waals surface area contributed by atoms with Crippen molar-refractivity contribution in [3.63, 3.8) is 0 Å². The molecule has 15 heavy (non-hydrogen) atoms. The van der Waals surface area contributed by atoms with E-state index in [1.165, 1.54) is 6.92 Å². The lowest BCUT2D eigenvalue weighted by Crippen LogP contribution is -2.26. The number of aromatic nitrogens is 1. The van der Waals surface area contributed by atoms with Gasteiger partial charge in [0.1, 0.15) is 11.5 Å². The highest BCUT2D eigenvalue weighted by Gasteiger charge is 2.35. The average molecular weight is 207 g/mol. The van der Waals surface area contributed by atoms with E-state index in [2.05, 4.69) is 4.98 Å². The third-order valence-electron chi connectivity index (χ3n) is 2.54. The molecule has 1 aromatic rings. The third-order valence-corrected chi connectivity index (χ3v) is 2.54. The molecule has 0 radical (unpaired) electrons. The van der Waals surface area contributed by atoms with Crippen LogP contribution < -0.4 is 0 Å². The fourth-order valence-electron chi connectivity index (χ4n) is 1.86. The van der Waals surface area contributed by atoms with Gasteiger partial charge in [0.25, 0.3) is 5.89 Å². The number of nitrogens with zero attached hydrogens (tertiary/aromatic N) is 1. The first kappa shape index (κ1) is 10.1. The Morgan fingerprint density at radius 1 is 1.40 bits per heavy atom. The van der Waals surface area contributed by atoms with Crippen LogP contribution in [0, 0.1) is 5.41 Å². The Bertz CT molecular complexity index is 443. The predicted molar refractivity (Wildman–Crippen MR) is 52.9 cm³/mol. The van der Waals surface area contributed by atoms with Gasteiger partial charge in [0.05, 0.1) is 0 Å². The molecule has 80 valence electrons. The zero-order valence-corrected chi connectivity index (χ0v) is 9.09. The molecule has 2 rings (SSSR count). The van der Waals surface area contributed by atoms with Gasteiger partial charge < -0.3 is 4.42 Å². The highest BCUT2D eigenvalue weighted by molar-refractivity contribution is 5.98. The van der Waals surface area contributed by atoms with Gasteiger partial charge in [-0.3, -0.25) is 9.59 Å². The molecule has 1 aliphatic carbocycles. The van der Waals surface area contributed by atoms with Crippen LogP contribution in [0.5, 0.6) is 0 Å². The van der Waals surface area contributed by atoms with Crippen molar-refractivity contribution < 1.29 is 14.0 Å². The first-order valence-electron chi connectivity index (χ1n) is 4.93. The van der Waals surface area contributed by atoms with Crippen LogP contribution >= 0.6 is 0 Å². The molecule has 4 heteroatoms. The molecule has 0 saturated heterocycles. The van der Waals surface area contributed by atoms with Crippen LogP contribution in [0.25, 0.3) is 0 Å². The number of ketones is 2. The second-order valence-electron chi connectivity index (χ2n) is 4.79. The van der Waals surface area contributed by atoms with Crippen LogP contribution in [0.15, 0.2) is 4.42 Å². The number of rotatable bonds is 1. The fourth-order valence-corrected chi connectivity index (χ4v) is 1.86. The summed E-state index contributed by atoms with van der Waals surface area (Å²) in [6, 6.07) is 0. The van der Waals surface area contributed by atoms with Gasteiger partial charge in [0.2, 0.25) is 5.78 Å². The Morgan fingerprint density at radius 2 is 2.07 bits per heavy atom. The minimum atomic E-state index is -0.241. The van der Waals surface area contributed by atoms with Crippen molar-refractivity contribution in [2.45, 2.75) is 33.6 Å². The first-order valence-corrected chi connectivity index (χ1v) is 4.93. The summed E-state index contributed by atoms with van der Waals surface area (Å²) in [6.07, 6.45) is 1.12. The maximum absolute atomic E-state index is 11.7. The van der Waals surface area contributed by atoms with Crippen molar-refractivity contribution in [1.82, 2.24) is 4.98 Å². The van der Waals surface area contributed by atoms with Crippen molar-refractivity contribution in [1.29, 1.82) is 0 Å². The van der Waals surface area contributed by atoms with Crippen molar-refractivity contribution in [2.75, 3.05) is 0 Å². The summed E-state index contributed by atoms with van der Waals surface area (Å²) in [5.74, 6) is 0.333. The van der Waals surface area contributed by atoms with Crippen molar-refractivity contribution >= 4 is 11.6 Å². The topological polar surface area (TPSA) is 60.2 Å². The molecule has 1 heterocycles. The normalized spacial score (nSPS) is 18.7. The largest absolute Gasteiger partial charge is 0.438 e. The second kappa shape index (κ2) is 3.02. The zero-order chi connectivity index (χ0) is 11.2. The minimum Gasteiger partial charge on any atom is -0.438 e. The van der Waals surface area contributed by atoms with Crippen LogP contribution in [-0.4, -0.2) is 16.6 Å². The van der Waals surface area contributed by atoms with E-state index >= 15 is 0 Å². The molecule has 1 aliphatic rings. The molecule has 1 aromatic heterocycles. The number of fused-ring (bicyclic) bond motifs is 1. The van der Waals surface area contributed by atoms with E-state index < -0.39 is 0 Å². The summed E-state index contributed by atoms with van der Waals surface area (Å²) in [5, 5.41) is 0. The van der Waals surface area contributed by atoms with E-state index in [0.29, 0.717) is 24.3 Å². The number of hydrogen-bond acceptors (Lipinski definition) is 4. The average Bonchev–Trinajstić information content (AvgIpc) is 2.45. The Morgan fingerprint density at radius 3 is 2.67 bits per heavy atom. The van der Waals surface area contributed by atoms with Gasteiger partial charge in [-0.05, 0) is 5.41 Å². The highest BCUT2D eigenvalue weighted by atomic mass is 16.4. The van der Waals surface area contributed by atoms with Crippen LogP contribution in [-0.2, 0) is 6.42 Å². The predicted octanol–water partition coefficient (Wildman–Crippen LogP) is 2.03. The van der Waals surface area contributed by atoms with E-state index in [1.54, 1.807) is 0 Å². The fraction of sp³-hybridized carbons (Fsp3) is 0.545. The quantitative estimate of drug-likeness (QED) is 0.661. The standard InChI is InChI=1S/C11H13NO3/c1-6(13)10-12-9-7(14)4-11(2,3)5-8(9)15-10/h4-5H2,1-3H3. The minimum absolute atomic E-state index is 0.0301. The molecule has 0 atom stereocenters. The Kier molecular flexibility index (Phi) is 2.03. The zero-order valence-electron chi connectivity index (χ0n) is 9.09. The summed E-state index contributed by atoms with van der Waals surface area (Å²) in [4.78, 5) is 26.7. The molecule has 0 unspecified atom stereocenters. The summed E-state index contributed by atoms with van der Waals surface area (Å²) in [7, 11) is 0. The van der Waals surface area contributed by atoms with Gasteiger partial charge in [-0.15, -0.1) is 0 Å². The van der Waals surface area contributed by atoms with Crippen LogP contribution in [0.1, 0.15) is 54.1 Å². The second-order valence-corrected chi connectivity index (χ2v) is 4.79. The third kappa shape index (κ3) is 1.71. The molecule has 0 aliphatic heterocycles. The molecular weight excluding hydrogens is 194 g/mol. The highest BCUT2D eigenvalue weighted by Crippen LogP contribution is 2.34. The van der Waals surface area contributed by atoms with Crippen LogP contribution in [0.4, 0.5) is 0 Å². The number of carbonyl (C=O) groups is 2. The molecular formula is C11H13NO3. The number of hydrogen-bond donors (Lipinski definition) is 0. The van der Waals surface area contributed by atoms with Gasteiger partial charge in [-0.2, -0.15) is 0 Å². The molecule has 0 aromatic carbocycles. The van der Waals surface area contributed by atoms with Gasteiger partial charge in [-0.1, -0.05) is 13.8 Å². The number of oxazole rings is 1. The Hall–Kier alpha value is -1.45. The van der Waals surface area contributed by atoms with E-state index in [0.717, 1.165) is 0 Å². The summed E-state index contributed by atoms with van der Waals surface area (Å²) >= 11 is 0. The van der Waals surface area contributed by atoms with E-state index in [-0.39, 0.29) is 22.9 Å². The first-order chi connectivity index (χ1) is 6.89. The van der Waals surface area contributed by atoms with Crippen molar-refractivity contribution in [2.24, 2.45) is 5.41 Å². The smallest absolute Gasteiger partial charge is 0.263 e. The monoisotopic (exact) mass is 207 g/mol. The molecule has 4 nitrogen and oxygen atoms in total. The number of carbonyl (C=O) groups excluding carboxylic acids is 2. The maximum Gasteiger partial charge on any atom is 0.263 e. The SMILES string of the molecule is CC(=O)c1nc2c(o1)CC(C)(C)CC2=O. The molecule has 0 bridgehead atoms. The van der Waals surface area contributed by atoms with Crippen LogP contribution in [0.3, 0.4) is 0 Å². The van der Waals surface area contributed by atoms with E-state index in [1.807, 2.05) is 13.8 Å². The Balaban J connectivity index is 2.47. The summed E-state index contributed by atoms with van der Waals surface area (Å²) in [6.45, 7) is 5.39. The molecule has 0 saturated carbocycles. The summed E-state index contributed by atoms with van der Waals surface area (Å²) < 4.78 is 5.29. The molecule has 0 spiro atoms. The summed E-state index contributed by atoms with van der Waals surface area (Å²) in [5.41, 5.74) is 0.247. The molecule has 0 amide bonds. The maximum atomic E-state index is 11.7. The van der Waals surface area contributed by atoms with Crippen molar-refractivity contribution in [3.05, 3.63) is 17.3 Å². The lowest BCUT2D eigenvalue weighted by Gasteiger charge is -2.25.